The Bertz CT molecular complexity index is 1260. The fourth-order valence-electron chi connectivity index (χ4n) is 3.13. The zero-order chi connectivity index (χ0) is 19.8. The van der Waals surface area contributed by atoms with Crippen LogP contribution in [-0.4, -0.2) is 25.2 Å². The third-order valence-corrected chi connectivity index (χ3v) is 4.81. The van der Waals surface area contributed by atoms with Crippen molar-refractivity contribution < 1.29 is 4.79 Å². The zero-order valence-corrected chi connectivity index (χ0v) is 16.1. The monoisotopic (exact) mass is 392 g/mol. The van der Waals surface area contributed by atoms with Gasteiger partial charge in [0.05, 0.1) is 5.69 Å². The predicted molar refractivity (Wildman–Crippen MR) is 108 cm³/mol. The maximum atomic E-state index is 12.7. The van der Waals surface area contributed by atoms with Gasteiger partial charge in [-0.2, -0.15) is 9.61 Å². The SMILES string of the molecule is Cc1ccc(C(=O)Cn2nc3ccc(-c4ccc(Cl)cc4)nn3c2=O)c(C)c1. The highest BCUT2D eigenvalue weighted by Crippen LogP contribution is 2.19. The molecule has 0 amide bonds. The van der Waals surface area contributed by atoms with Gasteiger partial charge in [0, 0.05) is 16.1 Å². The van der Waals surface area contributed by atoms with Crippen LogP contribution in [0, 0.1) is 13.8 Å². The van der Waals surface area contributed by atoms with Crippen LogP contribution >= 0.6 is 11.6 Å². The third-order valence-electron chi connectivity index (χ3n) is 4.56. The Kier molecular flexibility index (Phi) is 4.57. The number of hydrogen-bond acceptors (Lipinski definition) is 4. The Morgan fingerprint density at radius 2 is 1.75 bits per heavy atom. The molecule has 4 rings (SSSR count). The second-order valence-electron chi connectivity index (χ2n) is 6.68. The van der Waals surface area contributed by atoms with Crippen LogP contribution < -0.4 is 5.69 Å². The van der Waals surface area contributed by atoms with Crippen molar-refractivity contribution in [3.05, 3.63) is 86.8 Å². The van der Waals surface area contributed by atoms with E-state index in [0.717, 1.165) is 21.4 Å². The lowest BCUT2D eigenvalue weighted by molar-refractivity contribution is 0.0965. The quantitative estimate of drug-likeness (QED) is 0.496. The molecule has 0 saturated carbocycles. The predicted octanol–water partition coefficient (Wildman–Crippen LogP) is 3.71. The molecule has 0 atom stereocenters. The lowest BCUT2D eigenvalue weighted by Crippen LogP contribution is -2.26. The smallest absolute Gasteiger partial charge is 0.292 e. The number of halogens is 1. The highest BCUT2D eigenvalue weighted by atomic mass is 35.5. The Hall–Kier alpha value is -3.25. The Morgan fingerprint density at radius 3 is 2.46 bits per heavy atom. The molecule has 0 fully saturated rings. The summed E-state index contributed by atoms with van der Waals surface area (Å²) in [6.07, 6.45) is 0. The van der Waals surface area contributed by atoms with E-state index in [4.69, 9.17) is 11.6 Å². The highest BCUT2D eigenvalue weighted by molar-refractivity contribution is 6.30. The van der Waals surface area contributed by atoms with Gasteiger partial charge in [-0.15, -0.1) is 5.10 Å². The van der Waals surface area contributed by atoms with Gasteiger partial charge >= 0.3 is 5.69 Å². The van der Waals surface area contributed by atoms with Gasteiger partial charge < -0.3 is 0 Å². The summed E-state index contributed by atoms with van der Waals surface area (Å²) in [4.78, 5) is 25.4. The number of ketones is 1. The number of carbonyl (C=O) groups is 1. The van der Waals surface area contributed by atoms with Gasteiger partial charge in [-0.05, 0) is 43.7 Å². The van der Waals surface area contributed by atoms with E-state index in [9.17, 15) is 9.59 Å². The molecule has 0 radical (unpaired) electrons. The van der Waals surface area contributed by atoms with Crippen molar-refractivity contribution in [1.29, 1.82) is 0 Å². The summed E-state index contributed by atoms with van der Waals surface area (Å²) in [7, 11) is 0. The van der Waals surface area contributed by atoms with Gasteiger partial charge in [-0.1, -0.05) is 47.5 Å². The topological polar surface area (TPSA) is 69.3 Å². The largest absolute Gasteiger partial charge is 0.367 e. The van der Waals surface area contributed by atoms with E-state index in [1.54, 1.807) is 30.3 Å². The van der Waals surface area contributed by atoms with E-state index in [-0.39, 0.29) is 12.3 Å². The van der Waals surface area contributed by atoms with Crippen molar-refractivity contribution in [3.8, 4) is 11.3 Å². The maximum absolute atomic E-state index is 12.7. The Morgan fingerprint density at radius 1 is 1.00 bits per heavy atom. The van der Waals surface area contributed by atoms with Crippen LogP contribution in [-0.2, 0) is 6.54 Å². The Balaban J connectivity index is 1.69. The maximum Gasteiger partial charge on any atom is 0.367 e. The fourth-order valence-corrected chi connectivity index (χ4v) is 3.26. The number of carbonyl (C=O) groups excluding carboxylic acids is 1. The van der Waals surface area contributed by atoms with Crippen molar-refractivity contribution in [2.24, 2.45) is 0 Å². The van der Waals surface area contributed by atoms with Gasteiger partial charge in [-0.25, -0.2) is 9.48 Å². The van der Waals surface area contributed by atoms with E-state index in [0.29, 0.717) is 21.9 Å². The standard InChI is InChI=1S/C21H17ClN4O2/c1-13-3-8-17(14(2)11-13)19(27)12-25-21(28)26-20(24-25)10-9-18(23-26)15-4-6-16(22)7-5-15/h3-11H,12H2,1-2H3. The molecule has 0 spiro atoms. The first-order valence-electron chi connectivity index (χ1n) is 8.76. The zero-order valence-electron chi connectivity index (χ0n) is 15.4. The van der Waals surface area contributed by atoms with Gasteiger partial charge in [-0.3, -0.25) is 4.79 Å². The van der Waals surface area contributed by atoms with E-state index in [2.05, 4.69) is 10.2 Å². The molecule has 0 unspecified atom stereocenters. The van der Waals surface area contributed by atoms with Crippen molar-refractivity contribution in [2.75, 3.05) is 0 Å². The number of hydrogen-bond donors (Lipinski definition) is 0. The third kappa shape index (κ3) is 3.34. The van der Waals surface area contributed by atoms with Crippen molar-refractivity contribution in [1.82, 2.24) is 19.4 Å². The molecule has 0 aliphatic heterocycles. The second kappa shape index (κ2) is 7.05. The molecule has 4 aromatic rings. The molecule has 0 saturated heterocycles. The van der Waals surface area contributed by atoms with E-state index < -0.39 is 5.69 Å². The average Bonchev–Trinajstić information content (AvgIpc) is 2.97. The minimum absolute atomic E-state index is 0.137. The van der Waals surface area contributed by atoms with Crippen molar-refractivity contribution in [2.45, 2.75) is 20.4 Å². The number of fused-ring (bicyclic) bond motifs is 1. The molecule has 7 heteroatoms. The van der Waals surface area contributed by atoms with E-state index >= 15 is 0 Å². The molecule has 2 aromatic heterocycles. The number of nitrogens with zero attached hydrogens (tertiary/aromatic N) is 4. The van der Waals surface area contributed by atoms with Crippen LogP contribution in [0.1, 0.15) is 21.5 Å². The van der Waals surface area contributed by atoms with Crippen LogP contribution in [0.3, 0.4) is 0 Å². The minimum Gasteiger partial charge on any atom is -0.292 e. The van der Waals surface area contributed by atoms with Crippen LogP contribution in [0.2, 0.25) is 5.02 Å². The lowest BCUT2D eigenvalue weighted by atomic mass is 10.0. The van der Waals surface area contributed by atoms with E-state index in [1.807, 2.05) is 38.1 Å². The minimum atomic E-state index is -0.455. The first kappa shape index (κ1) is 18.1. The molecule has 0 aliphatic carbocycles. The van der Waals surface area contributed by atoms with Crippen LogP contribution in [0.25, 0.3) is 16.9 Å². The molecule has 0 N–H and O–H groups in total. The van der Waals surface area contributed by atoms with Crippen molar-refractivity contribution in [3.63, 3.8) is 0 Å². The summed E-state index contributed by atoms with van der Waals surface area (Å²) >= 11 is 5.92. The second-order valence-corrected chi connectivity index (χ2v) is 7.11. The number of aryl methyl sites for hydroxylation is 2. The van der Waals surface area contributed by atoms with Crippen LogP contribution in [0.5, 0.6) is 0 Å². The normalized spacial score (nSPS) is 11.1. The summed E-state index contributed by atoms with van der Waals surface area (Å²) in [6, 6.07) is 16.3. The number of Topliss-reactive ketones (excluding diaryl/α,β-unsaturated/α-hetero) is 1. The molecule has 28 heavy (non-hydrogen) atoms. The number of aromatic nitrogens is 4. The summed E-state index contributed by atoms with van der Waals surface area (Å²) < 4.78 is 2.36. The van der Waals surface area contributed by atoms with Gasteiger partial charge in [0.25, 0.3) is 0 Å². The number of rotatable bonds is 4. The lowest BCUT2D eigenvalue weighted by Gasteiger charge is -2.05. The average molecular weight is 393 g/mol. The number of benzene rings is 2. The summed E-state index contributed by atoms with van der Waals surface area (Å²) in [5.41, 5.74) is 3.93. The van der Waals surface area contributed by atoms with E-state index in [1.165, 1.54) is 4.52 Å². The molecule has 6 nitrogen and oxygen atoms in total. The summed E-state index contributed by atoms with van der Waals surface area (Å²) in [5.74, 6) is -0.166. The van der Waals surface area contributed by atoms with Crippen molar-refractivity contribution >= 4 is 23.0 Å². The molecular weight excluding hydrogens is 376 g/mol. The molecule has 2 aromatic carbocycles. The fraction of sp³-hybridized carbons (Fsp3) is 0.143. The molecule has 0 aliphatic rings. The molecule has 2 heterocycles. The summed E-state index contributed by atoms with van der Waals surface area (Å²) in [6.45, 7) is 3.72. The highest BCUT2D eigenvalue weighted by Gasteiger charge is 2.15. The first-order valence-corrected chi connectivity index (χ1v) is 9.13. The summed E-state index contributed by atoms with van der Waals surface area (Å²) in [5, 5.41) is 9.23. The van der Waals surface area contributed by atoms with Gasteiger partial charge in [0.15, 0.2) is 11.4 Å². The Labute approximate surface area is 166 Å². The van der Waals surface area contributed by atoms with Gasteiger partial charge in [0.2, 0.25) is 0 Å². The van der Waals surface area contributed by atoms with Crippen LogP contribution in [0.4, 0.5) is 0 Å². The first-order chi connectivity index (χ1) is 13.4. The van der Waals surface area contributed by atoms with Gasteiger partial charge in [0.1, 0.15) is 6.54 Å². The van der Waals surface area contributed by atoms with Crippen LogP contribution in [0.15, 0.2) is 59.4 Å². The molecule has 140 valence electrons. The molecular formula is C21H17ClN4O2. The molecule has 0 bridgehead atoms.